The van der Waals surface area contributed by atoms with Crippen molar-refractivity contribution >= 4 is 11.8 Å². The number of rotatable bonds is 7. The fraction of sp³-hybridized carbons (Fsp3) is 0.944. The minimum Gasteiger partial charge on any atom is -0.459 e. The van der Waals surface area contributed by atoms with Gasteiger partial charge in [-0.05, 0) is 66.8 Å². The van der Waals surface area contributed by atoms with E-state index in [9.17, 15) is 24.9 Å². The van der Waals surface area contributed by atoms with Crippen LogP contribution in [0.25, 0.3) is 0 Å². The lowest BCUT2D eigenvalue weighted by Crippen LogP contribution is -2.58. The SMILES string of the molecule is CC[C@H]1OC(=O)[C@H](C)[C@@H](O[C@H]2C[C@@](C)(OC)[C@@H](O)[C@H](C)O2)[C@H](C)[C@@H](O[C@H]2C[C@@H](NC)C[C@@H](C)O2)[C@@H](C)C[C@@H](C)C(=O)[C@H](C)[C@@H](O)[C@]1(C)O. The molecule has 0 aromatic heterocycles. The zero-order valence-electron chi connectivity index (χ0n) is 31.3. The van der Waals surface area contributed by atoms with Gasteiger partial charge in [0.15, 0.2) is 12.6 Å². The number of hydrogen-bond acceptors (Lipinski definition) is 12. The number of aliphatic hydroxyl groups is 3. The minimum absolute atomic E-state index is 0.0387. The maximum absolute atomic E-state index is 14.0. The van der Waals surface area contributed by atoms with E-state index in [1.807, 2.05) is 34.7 Å². The first-order valence-corrected chi connectivity index (χ1v) is 18.0. The fourth-order valence-corrected chi connectivity index (χ4v) is 8.13. The third-order valence-corrected chi connectivity index (χ3v) is 11.5. The molecule has 48 heavy (non-hydrogen) atoms. The molecule has 0 aromatic rings. The van der Waals surface area contributed by atoms with Crippen LogP contribution in [0.4, 0.5) is 0 Å². The van der Waals surface area contributed by atoms with Crippen molar-refractivity contribution in [2.24, 2.45) is 29.6 Å². The van der Waals surface area contributed by atoms with Crippen LogP contribution in [-0.2, 0) is 38.0 Å². The Balaban J connectivity index is 2.09. The van der Waals surface area contributed by atoms with Gasteiger partial charge in [0.2, 0.25) is 0 Å². The van der Waals surface area contributed by atoms with Crippen LogP contribution in [0.2, 0.25) is 0 Å². The summed E-state index contributed by atoms with van der Waals surface area (Å²) in [7, 11) is 3.45. The zero-order chi connectivity index (χ0) is 36.3. The van der Waals surface area contributed by atoms with E-state index in [1.165, 1.54) is 14.0 Å². The number of carbonyl (C=O) groups excluding carboxylic acids is 2. The number of nitrogens with one attached hydrogen (secondary N) is 1. The molecule has 0 aromatic carbocycles. The molecule has 3 fully saturated rings. The lowest BCUT2D eigenvalue weighted by Gasteiger charge is -2.47. The Morgan fingerprint density at radius 1 is 0.875 bits per heavy atom. The molecule has 4 N–H and O–H groups in total. The highest BCUT2D eigenvalue weighted by atomic mass is 16.7. The molecule has 0 radical (unpaired) electrons. The third-order valence-electron chi connectivity index (χ3n) is 11.5. The van der Waals surface area contributed by atoms with E-state index < -0.39 is 90.0 Å². The number of cyclic esters (lactones) is 1. The van der Waals surface area contributed by atoms with Crippen molar-refractivity contribution in [2.45, 2.75) is 174 Å². The van der Waals surface area contributed by atoms with Gasteiger partial charge < -0.3 is 49.1 Å². The van der Waals surface area contributed by atoms with Gasteiger partial charge in [0.1, 0.15) is 23.6 Å². The molecule has 12 nitrogen and oxygen atoms in total. The van der Waals surface area contributed by atoms with Gasteiger partial charge in [-0.1, -0.05) is 34.6 Å². The van der Waals surface area contributed by atoms with Gasteiger partial charge in [-0.2, -0.15) is 0 Å². The highest BCUT2D eigenvalue weighted by molar-refractivity contribution is 5.83. The second-order valence-electron chi connectivity index (χ2n) is 15.4. The number of esters is 1. The first-order valence-electron chi connectivity index (χ1n) is 18.0. The molecule has 3 aliphatic heterocycles. The van der Waals surface area contributed by atoms with Gasteiger partial charge in [0, 0.05) is 43.7 Å². The van der Waals surface area contributed by atoms with Gasteiger partial charge >= 0.3 is 5.97 Å². The molecule has 17 atom stereocenters. The Morgan fingerprint density at radius 3 is 2.08 bits per heavy atom. The Hall–Kier alpha value is -1.22. The largest absolute Gasteiger partial charge is 0.459 e. The van der Waals surface area contributed by atoms with Crippen LogP contribution >= 0.6 is 0 Å². The molecule has 3 aliphatic rings. The molecule has 3 saturated heterocycles. The van der Waals surface area contributed by atoms with Crippen molar-refractivity contribution in [1.29, 1.82) is 0 Å². The number of aliphatic hydroxyl groups excluding tert-OH is 2. The van der Waals surface area contributed by atoms with E-state index in [-0.39, 0.29) is 36.7 Å². The summed E-state index contributed by atoms with van der Waals surface area (Å²) in [6, 6.07) is 0.195. The van der Waals surface area contributed by atoms with Crippen LogP contribution in [0.5, 0.6) is 0 Å². The summed E-state index contributed by atoms with van der Waals surface area (Å²) in [5.74, 6) is -3.71. The Bertz CT molecular complexity index is 1060. The standard InChI is InChI=1S/C36H65NO11/c1-13-26-36(10,42)32(39)21(5)29(38)18(2)14-19(3)30(47-27-16-25(37-11)15-20(4)44-27)22(6)31(23(7)34(41)46-26)48-28-17-35(9,43-12)33(40)24(8)45-28/h18-28,30-33,37,39-40,42H,13-17H2,1-12H3/t18-,19+,20-,21+,22-,23-,24+,25+,26-,27+,28+,30+,31+,32-,33+,35-,36-/m1/s1. The van der Waals surface area contributed by atoms with Crippen LogP contribution in [0, 0.1) is 29.6 Å². The van der Waals surface area contributed by atoms with Crippen molar-refractivity contribution in [3.05, 3.63) is 0 Å². The first kappa shape index (κ1) is 41.2. The zero-order valence-corrected chi connectivity index (χ0v) is 31.3. The number of methoxy groups -OCH3 is 1. The summed E-state index contributed by atoms with van der Waals surface area (Å²) in [4.78, 5) is 27.7. The number of ether oxygens (including phenoxy) is 6. The molecule has 0 amide bonds. The normalized spacial score (nSPS) is 48.9. The van der Waals surface area contributed by atoms with E-state index >= 15 is 0 Å². The fourth-order valence-electron chi connectivity index (χ4n) is 8.13. The lowest BCUT2D eigenvalue weighted by molar-refractivity contribution is -0.303. The number of carbonyl (C=O) groups is 2. The summed E-state index contributed by atoms with van der Waals surface area (Å²) in [5.41, 5.74) is -2.84. The van der Waals surface area contributed by atoms with Crippen LogP contribution in [0.3, 0.4) is 0 Å². The molecule has 0 saturated carbocycles. The van der Waals surface area contributed by atoms with Gasteiger partial charge in [-0.15, -0.1) is 0 Å². The highest BCUT2D eigenvalue weighted by Gasteiger charge is 2.50. The molecule has 0 unspecified atom stereocenters. The molecule has 0 bridgehead atoms. The Labute approximate surface area is 287 Å². The summed E-state index contributed by atoms with van der Waals surface area (Å²) in [5, 5.41) is 37.0. The topological polar surface area (TPSA) is 162 Å². The average Bonchev–Trinajstić information content (AvgIpc) is 3.04. The second-order valence-corrected chi connectivity index (χ2v) is 15.4. The van der Waals surface area contributed by atoms with Gasteiger partial charge in [-0.3, -0.25) is 9.59 Å². The maximum Gasteiger partial charge on any atom is 0.311 e. The van der Waals surface area contributed by atoms with E-state index in [0.717, 1.165) is 6.42 Å². The average molecular weight is 688 g/mol. The molecule has 3 rings (SSSR count). The van der Waals surface area contributed by atoms with Crippen molar-refractivity contribution in [3.63, 3.8) is 0 Å². The Kier molecular flexibility index (Phi) is 14.5. The monoisotopic (exact) mass is 687 g/mol. The van der Waals surface area contributed by atoms with Crippen LogP contribution in [0.15, 0.2) is 0 Å². The molecule has 12 heteroatoms. The van der Waals surface area contributed by atoms with E-state index in [0.29, 0.717) is 12.8 Å². The van der Waals surface area contributed by atoms with Gasteiger partial charge in [0.05, 0.1) is 42.0 Å². The summed E-state index contributed by atoms with van der Waals surface area (Å²) < 4.78 is 37.6. The molecule has 0 spiro atoms. The van der Waals surface area contributed by atoms with Crippen molar-refractivity contribution in [2.75, 3.05) is 14.2 Å². The maximum atomic E-state index is 14.0. The lowest BCUT2D eigenvalue weighted by atomic mass is 9.75. The van der Waals surface area contributed by atoms with E-state index in [4.69, 9.17) is 28.4 Å². The smallest absolute Gasteiger partial charge is 0.311 e. The molecular formula is C36H65NO11. The van der Waals surface area contributed by atoms with E-state index in [2.05, 4.69) is 5.32 Å². The van der Waals surface area contributed by atoms with Crippen molar-refractivity contribution < 1.29 is 53.3 Å². The molecular weight excluding hydrogens is 622 g/mol. The summed E-state index contributed by atoms with van der Waals surface area (Å²) >= 11 is 0. The third kappa shape index (κ3) is 9.16. The summed E-state index contributed by atoms with van der Waals surface area (Å²) in [6.45, 7) is 17.9. The van der Waals surface area contributed by atoms with Crippen LogP contribution in [0.1, 0.15) is 101 Å². The first-order chi connectivity index (χ1) is 22.3. The number of ketones is 1. The van der Waals surface area contributed by atoms with Gasteiger partial charge in [-0.25, -0.2) is 0 Å². The number of Topliss-reactive ketones (excluding diaryl/α,β-unsaturated/α-hetero) is 1. The molecule has 3 heterocycles. The van der Waals surface area contributed by atoms with Crippen LogP contribution < -0.4 is 5.32 Å². The molecule has 280 valence electrons. The molecule has 0 aliphatic carbocycles. The quantitative estimate of drug-likeness (QED) is 0.289. The highest BCUT2D eigenvalue weighted by Crippen LogP contribution is 2.39. The van der Waals surface area contributed by atoms with Crippen molar-refractivity contribution in [3.8, 4) is 0 Å². The van der Waals surface area contributed by atoms with E-state index in [1.54, 1.807) is 34.6 Å². The minimum atomic E-state index is -1.89. The van der Waals surface area contributed by atoms with Gasteiger partial charge in [0.25, 0.3) is 0 Å². The van der Waals surface area contributed by atoms with Crippen LogP contribution in [-0.4, -0.2) is 114 Å². The Morgan fingerprint density at radius 2 is 1.50 bits per heavy atom. The predicted molar refractivity (Wildman–Crippen MR) is 179 cm³/mol. The van der Waals surface area contributed by atoms with Crippen molar-refractivity contribution in [1.82, 2.24) is 5.32 Å². The predicted octanol–water partition coefficient (Wildman–Crippen LogP) is 3.36. The number of hydrogen-bond donors (Lipinski definition) is 4. The summed E-state index contributed by atoms with van der Waals surface area (Å²) in [6.07, 6.45) is -4.51. The second kappa shape index (κ2) is 16.9.